The number of hydrogen-bond donors (Lipinski definition) is 1. The molecule has 4 heteroatoms. The van der Waals surface area contributed by atoms with Gasteiger partial charge in [0, 0.05) is 37.4 Å². The van der Waals surface area contributed by atoms with Crippen LogP contribution >= 0.6 is 0 Å². The van der Waals surface area contributed by atoms with Gasteiger partial charge in [-0.3, -0.25) is 4.98 Å². The maximum Gasteiger partial charge on any atom is 0.124 e. The second-order valence-electron chi connectivity index (χ2n) is 3.70. The highest BCUT2D eigenvalue weighted by Gasteiger charge is 2.06. The average Bonchev–Trinajstić information content (AvgIpc) is 2.28. The van der Waals surface area contributed by atoms with Crippen LogP contribution in [0.15, 0.2) is 30.5 Å². The highest BCUT2D eigenvalue weighted by atomic mass is 19.1. The van der Waals surface area contributed by atoms with Crippen LogP contribution in [0.5, 0.6) is 0 Å². The molecule has 84 valence electrons. The molecule has 0 aliphatic heterocycles. The van der Waals surface area contributed by atoms with Crippen molar-refractivity contribution in [2.45, 2.75) is 0 Å². The lowest BCUT2D eigenvalue weighted by atomic mass is 10.1. The van der Waals surface area contributed by atoms with Crippen LogP contribution in [0, 0.1) is 5.82 Å². The van der Waals surface area contributed by atoms with Crippen LogP contribution in [-0.2, 0) is 0 Å². The molecule has 0 bridgehead atoms. The van der Waals surface area contributed by atoms with Crippen molar-refractivity contribution in [1.29, 1.82) is 0 Å². The number of fused-ring (bicyclic) bond motifs is 1. The molecule has 0 saturated heterocycles. The maximum atomic E-state index is 13.2. The summed E-state index contributed by atoms with van der Waals surface area (Å²) in [5.41, 5.74) is 7.26. The molecule has 0 atom stereocenters. The fraction of sp³-hybridized carbons (Fsp3) is 0.250. The molecule has 0 radical (unpaired) electrons. The molecule has 2 N–H and O–H groups in total. The summed E-state index contributed by atoms with van der Waals surface area (Å²) in [6.45, 7) is 1.30. The van der Waals surface area contributed by atoms with Crippen molar-refractivity contribution in [3.63, 3.8) is 0 Å². The van der Waals surface area contributed by atoms with Gasteiger partial charge < -0.3 is 10.6 Å². The van der Waals surface area contributed by atoms with E-state index < -0.39 is 0 Å². The van der Waals surface area contributed by atoms with E-state index in [1.807, 2.05) is 18.0 Å². The summed E-state index contributed by atoms with van der Waals surface area (Å²) in [6.07, 6.45) is 1.72. The van der Waals surface area contributed by atoms with Gasteiger partial charge in [0.15, 0.2) is 0 Å². The highest BCUT2D eigenvalue weighted by Crippen LogP contribution is 2.24. The highest BCUT2D eigenvalue weighted by molar-refractivity contribution is 5.91. The number of nitrogens with zero attached hydrogens (tertiary/aromatic N) is 2. The van der Waals surface area contributed by atoms with Gasteiger partial charge in [0.1, 0.15) is 5.82 Å². The number of halogens is 1. The molecule has 0 saturated carbocycles. The van der Waals surface area contributed by atoms with Crippen LogP contribution in [0.25, 0.3) is 10.9 Å². The lowest BCUT2D eigenvalue weighted by Gasteiger charge is -2.19. The van der Waals surface area contributed by atoms with E-state index in [0.717, 1.165) is 23.1 Å². The van der Waals surface area contributed by atoms with Gasteiger partial charge in [-0.2, -0.15) is 0 Å². The SMILES string of the molecule is CN(CCN)c1ccnc2ccc(F)cc12. The van der Waals surface area contributed by atoms with Crippen molar-refractivity contribution in [1.82, 2.24) is 4.98 Å². The van der Waals surface area contributed by atoms with Gasteiger partial charge in [0.2, 0.25) is 0 Å². The minimum absolute atomic E-state index is 0.247. The molecule has 0 spiro atoms. The Balaban J connectivity index is 2.55. The van der Waals surface area contributed by atoms with Crippen LogP contribution in [0.2, 0.25) is 0 Å². The third-order valence-electron chi connectivity index (χ3n) is 2.56. The van der Waals surface area contributed by atoms with Gasteiger partial charge in [-0.05, 0) is 24.3 Å². The first-order valence-electron chi connectivity index (χ1n) is 5.18. The fourth-order valence-corrected chi connectivity index (χ4v) is 1.75. The summed E-state index contributed by atoms with van der Waals surface area (Å²) in [5.74, 6) is -0.247. The molecule has 0 aliphatic rings. The van der Waals surface area contributed by atoms with Crippen LogP contribution in [-0.4, -0.2) is 25.1 Å². The Morgan fingerprint density at radius 2 is 2.19 bits per heavy atom. The lowest BCUT2D eigenvalue weighted by molar-refractivity contribution is 0.629. The minimum atomic E-state index is -0.247. The lowest BCUT2D eigenvalue weighted by Crippen LogP contribution is -2.25. The predicted octanol–water partition coefficient (Wildman–Crippen LogP) is 1.77. The summed E-state index contributed by atoms with van der Waals surface area (Å²) < 4.78 is 13.2. The van der Waals surface area contributed by atoms with Gasteiger partial charge in [0.25, 0.3) is 0 Å². The van der Waals surface area contributed by atoms with Crippen molar-refractivity contribution in [2.24, 2.45) is 5.73 Å². The largest absolute Gasteiger partial charge is 0.373 e. The van der Waals surface area contributed by atoms with Crippen molar-refractivity contribution in [2.75, 3.05) is 25.0 Å². The molecule has 0 fully saturated rings. The number of nitrogens with two attached hydrogens (primary N) is 1. The summed E-state index contributed by atoms with van der Waals surface area (Å²) in [6, 6.07) is 6.48. The van der Waals surface area contributed by atoms with Crippen LogP contribution in [0.3, 0.4) is 0 Å². The normalized spacial score (nSPS) is 10.7. The monoisotopic (exact) mass is 219 g/mol. The van der Waals surface area contributed by atoms with Gasteiger partial charge in [-0.1, -0.05) is 0 Å². The maximum absolute atomic E-state index is 13.2. The molecular formula is C12H14FN3. The van der Waals surface area contributed by atoms with E-state index in [-0.39, 0.29) is 5.82 Å². The quantitative estimate of drug-likeness (QED) is 0.855. The van der Waals surface area contributed by atoms with Gasteiger partial charge in [-0.25, -0.2) is 4.39 Å². The average molecular weight is 219 g/mol. The smallest absolute Gasteiger partial charge is 0.124 e. The first-order valence-corrected chi connectivity index (χ1v) is 5.18. The van der Waals surface area contributed by atoms with Crippen molar-refractivity contribution >= 4 is 16.6 Å². The Bertz CT molecular complexity index is 499. The molecule has 1 aromatic carbocycles. The van der Waals surface area contributed by atoms with E-state index >= 15 is 0 Å². The molecule has 0 amide bonds. The molecule has 0 aliphatic carbocycles. The Kier molecular flexibility index (Phi) is 3.01. The summed E-state index contributed by atoms with van der Waals surface area (Å²) in [7, 11) is 1.94. The van der Waals surface area contributed by atoms with Crippen LogP contribution < -0.4 is 10.6 Å². The second-order valence-corrected chi connectivity index (χ2v) is 3.70. The van der Waals surface area contributed by atoms with Crippen LogP contribution in [0.4, 0.5) is 10.1 Å². The first kappa shape index (κ1) is 10.8. The molecule has 1 heterocycles. The van der Waals surface area contributed by atoms with Crippen LogP contribution in [0.1, 0.15) is 0 Å². The molecule has 2 rings (SSSR count). The van der Waals surface area contributed by atoms with E-state index in [0.29, 0.717) is 6.54 Å². The van der Waals surface area contributed by atoms with E-state index in [9.17, 15) is 4.39 Å². The number of benzene rings is 1. The number of anilines is 1. The van der Waals surface area contributed by atoms with Gasteiger partial charge in [0.05, 0.1) is 5.52 Å². The standard InChI is InChI=1S/C12H14FN3/c1-16(7-5-14)12-4-6-15-11-3-2-9(13)8-10(11)12/h2-4,6,8H,5,7,14H2,1H3. The number of aromatic nitrogens is 1. The molecule has 2 aromatic rings. The van der Waals surface area contributed by atoms with E-state index in [1.165, 1.54) is 12.1 Å². The summed E-state index contributed by atoms with van der Waals surface area (Å²) in [5, 5.41) is 0.818. The fourth-order valence-electron chi connectivity index (χ4n) is 1.75. The van der Waals surface area contributed by atoms with Gasteiger partial charge in [-0.15, -0.1) is 0 Å². The van der Waals surface area contributed by atoms with E-state index in [4.69, 9.17) is 5.73 Å². The zero-order valence-electron chi connectivity index (χ0n) is 9.15. The molecular weight excluding hydrogens is 205 g/mol. The number of hydrogen-bond acceptors (Lipinski definition) is 3. The predicted molar refractivity (Wildman–Crippen MR) is 64.0 cm³/mol. The van der Waals surface area contributed by atoms with E-state index in [1.54, 1.807) is 12.3 Å². The third-order valence-corrected chi connectivity index (χ3v) is 2.56. The topological polar surface area (TPSA) is 42.1 Å². The Morgan fingerprint density at radius 1 is 1.38 bits per heavy atom. The van der Waals surface area contributed by atoms with Crippen molar-refractivity contribution in [3.8, 4) is 0 Å². The third kappa shape index (κ3) is 1.97. The molecule has 16 heavy (non-hydrogen) atoms. The zero-order valence-corrected chi connectivity index (χ0v) is 9.15. The Morgan fingerprint density at radius 3 is 2.94 bits per heavy atom. The number of rotatable bonds is 3. The first-order chi connectivity index (χ1) is 7.72. The minimum Gasteiger partial charge on any atom is -0.373 e. The van der Waals surface area contributed by atoms with Crippen molar-refractivity contribution in [3.05, 3.63) is 36.3 Å². The Hall–Kier alpha value is -1.68. The second kappa shape index (κ2) is 4.45. The molecule has 1 aromatic heterocycles. The number of pyridine rings is 1. The molecule has 0 unspecified atom stereocenters. The van der Waals surface area contributed by atoms with E-state index in [2.05, 4.69) is 4.98 Å². The number of likely N-dealkylation sites (N-methyl/N-ethyl adjacent to an activating group) is 1. The molecule has 3 nitrogen and oxygen atoms in total. The van der Waals surface area contributed by atoms with Crippen molar-refractivity contribution < 1.29 is 4.39 Å². The van der Waals surface area contributed by atoms with Gasteiger partial charge >= 0.3 is 0 Å². The summed E-state index contributed by atoms with van der Waals surface area (Å²) in [4.78, 5) is 6.20. The Labute approximate surface area is 93.7 Å². The zero-order chi connectivity index (χ0) is 11.5. The summed E-state index contributed by atoms with van der Waals surface area (Å²) >= 11 is 0.